The SMILES string of the molecule is COc1cc(/C=C/C2=CC(=C(C#N)C#N)Oc3ccccc32)cc(OC)c1OC. The van der Waals surface area contributed by atoms with Gasteiger partial charge in [-0.2, -0.15) is 10.5 Å². The van der Waals surface area contributed by atoms with Crippen molar-refractivity contribution in [3.63, 3.8) is 0 Å². The molecule has 0 unspecified atom stereocenters. The standard InChI is InChI=1S/C23H18N2O4/c1-26-21-10-15(11-22(27-2)23(21)28-3)8-9-16-12-20(17(13-24)14-25)29-19-7-5-4-6-18(16)19/h4-12H,1-3H3/b9-8+. The van der Waals surface area contributed by atoms with Crippen LogP contribution in [0.2, 0.25) is 0 Å². The number of hydrogen-bond donors (Lipinski definition) is 0. The molecular weight excluding hydrogens is 368 g/mol. The minimum Gasteiger partial charge on any atom is -0.493 e. The first-order chi connectivity index (χ1) is 14.1. The van der Waals surface area contributed by atoms with Gasteiger partial charge < -0.3 is 18.9 Å². The highest BCUT2D eigenvalue weighted by Gasteiger charge is 2.18. The molecule has 29 heavy (non-hydrogen) atoms. The Morgan fingerprint density at radius 2 is 1.59 bits per heavy atom. The van der Waals surface area contributed by atoms with Gasteiger partial charge in [0.25, 0.3) is 0 Å². The third-order valence-corrected chi connectivity index (χ3v) is 4.32. The molecule has 1 aliphatic heterocycles. The summed E-state index contributed by atoms with van der Waals surface area (Å²) in [5, 5.41) is 18.4. The summed E-state index contributed by atoms with van der Waals surface area (Å²) in [4.78, 5) is 0. The molecule has 2 aromatic carbocycles. The number of fused-ring (bicyclic) bond motifs is 1. The number of allylic oxidation sites excluding steroid dienone is 4. The summed E-state index contributed by atoms with van der Waals surface area (Å²) >= 11 is 0. The fourth-order valence-corrected chi connectivity index (χ4v) is 2.94. The Morgan fingerprint density at radius 3 is 2.17 bits per heavy atom. The van der Waals surface area contributed by atoms with Gasteiger partial charge in [-0.15, -0.1) is 0 Å². The van der Waals surface area contributed by atoms with E-state index in [1.54, 1.807) is 33.5 Å². The normalized spacial score (nSPS) is 12.2. The highest BCUT2D eigenvalue weighted by atomic mass is 16.5. The number of hydrogen-bond acceptors (Lipinski definition) is 6. The second-order valence-electron chi connectivity index (χ2n) is 5.95. The largest absolute Gasteiger partial charge is 0.493 e. The lowest BCUT2D eigenvalue weighted by molar-refractivity contribution is 0.324. The lowest BCUT2D eigenvalue weighted by atomic mass is 9.99. The molecule has 0 bridgehead atoms. The number of nitriles is 2. The summed E-state index contributed by atoms with van der Waals surface area (Å²) in [7, 11) is 4.67. The summed E-state index contributed by atoms with van der Waals surface area (Å²) in [6.45, 7) is 0. The topological polar surface area (TPSA) is 84.5 Å². The molecule has 0 saturated heterocycles. The molecule has 2 aromatic rings. The fourth-order valence-electron chi connectivity index (χ4n) is 2.94. The summed E-state index contributed by atoms with van der Waals surface area (Å²) in [5.74, 6) is 2.41. The first-order valence-corrected chi connectivity index (χ1v) is 8.66. The third-order valence-electron chi connectivity index (χ3n) is 4.32. The van der Waals surface area contributed by atoms with E-state index in [9.17, 15) is 10.5 Å². The number of rotatable bonds is 5. The van der Waals surface area contributed by atoms with E-state index in [1.165, 1.54) is 0 Å². The van der Waals surface area contributed by atoms with Gasteiger partial charge in [-0.3, -0.25) is 0 Å². The number of para-hydroxylation sites is 1. The molecule has 0 atom stereocenters. The van der Waals surface area contributed by atoms with Crippen molar-refractivity contribution < 1.29 is 18.9 Å². The van der Waals surface area contributed by atoms with Crippen LogP contribution < -0.4 is 18.9 Å². The van der Waals surface area contributed by atoms with Gasteiger partial charge in [0.05, 0.1) is 21.3 Å². The Labute approximate surface area is 169 Å². The van der Waals surface area contributed by atoms with Gasteiger partial charge in [0.2, 0.25) is 5.75 Å². The van der Waals surface area contributed by atoms with Gasteiger partial charge in [0.1, 0.15) is 17.9 Å². The van der Waals surface area contributed by atoms with Gasteiger partial charge >= 0.3 is 0 Å². The van der Waals surface area contributed by atoms with Gasteiger partial charge in [0, 0.05) is 5.56 Å². The summed E-state index contributed by atoms with van der Waals surface area (Å²) < 4.78 is 21.9. The Bertz CT molecular complexity index is 1070. The second kappa shape index (κ2) is 8.69. The molecule has 0 fully saturated rings. The van der Waals surface area contributed by atoms with E-state index >= 15 is 0 Å². The predicted molar refractivity (Wildman–Crippen MR) is 108 cm³/mol. The van der Waals surface area contributed by atoms with Crippen LogP contribution in [0.3, 0.4) is 0 Å². The number of methoxy groups -OCH3 is 3. The van der Waals surface area contributed by atoms with E-state index in [4.69, 9.17) is 18.9 Å². The second-order valence-corrected chi connectivity index (χ2v) is 5.95. The van der Waals surface area contributed by atoms with Crippen LogP contribution in [-0.4, -0.2) is 21.3 Å². The van der Waals surface area contributed by atoms with Crippen LogP contribution in [0.4, 0.5) is 0 Å². The molecular formula is C23H18N2O4. The van der Waals surface area contributed by atoms with E-state index in [-0.39, 0.29) is 11.3 Å². The van der Waals surface area contributed by atoms with Crippen molar-refractivity contribution in [3.05, 3.63) is 71.0 Å². The van der Waals surface area contributed by atoms with Crippen molar-refractivity contribution in [2.45, 2.75) is 0 Å². The van der Waals surface area contributed by atoms with Crippen LogP contribution in [0.1, 0.15) is 11.1 Å². The highest BCUT2D eigenvalue weighted by Crippen LogP contribution is 2.39. The van der Waals surface area contributed by atoms with Gasteiger partial charge in [-0.05, 0) is 35.4 Å². The molecule has 6 nitrogen and oxygen atoms in total. The molecule has 0 aliphatic carbocycles. The van der Waals surface area contributed by atoms with Crippen molar-refractivity contribution in [3.8, 4) is 35.1 Å². The van der Waals surface area contributed by atoms with Crippen molar-refractivity contribution >= 4 is 11.6 Å². The zero-order chi connectivity index (χ0) is 20.8. The van der Waals surface area contributed by atoms with Crippen molar-refractivity contribution in [2.75, 3.05) is 21.3 Å². The Morgan fingerprint density at radius 1 is 0.931 bits per heavy atom. The predicted octanol–water partition coefficient (Wildman–Crippen LogP) is 4.50. The number of ether oxygens (including phenoxy) is 4. The molecule has 0 amide bonds. The molecule has 6 heteroatoms. The average molecular weight is 386 g/mol. The maximum Gasteiger partial charge on any atom is 0.203 e. The molecule has 0 saturated carbocycles. The van der Waals surface area contributed by atoms with Crippen LogP contribution in [-0.2, 0) is 0 Å². The fraction of sp³-hybridized carbons (Fsp3) is 0.130. The van der Waals surface area contributed by atoms with Gasteiger partial charge in [-0.1, -0.05) is 30.4 Å². The highest BCUT2D eigenvalue weighted by molar-refractivity contribution is 5.85. The van der Waals surface area contributed by atoms with Gasteiger partial charge in [0.15, 0.2) is 22.8 Å². The van der Waals surface area contributed by atoms with Crippen LogP contribution in [0.15, 0.2) is 59.9 Å². The van der Waals surface area contributed by atoms with Crippen LogP contribution >= 0.6 is 0 Å². The molecule has 1 heterocycles. The quantitative estimate of drug-likeness (QED) is 0.703. The zero-order valence-electron chi connectivity index (χ0n) is 16.2. The van der Waals surface area contributed by atoms with Crippen molar-refractivity contribution in [1.29, 1.82) is 10.5 Å². The number of nitrogens with zero attached hydrogens (tertiary/aromatic N) is 2. The summed E-state index contributed by atoms with van der Waals surface area (Å²) in [5.41, 5.74) is 2.41. The monoisotopic (exact) mass is 386 g/mol. The van der Waals surface area contributed by atoms with Crippen LogP contribution in [0, 0.1) is 22.7 Å². The molecule has 3 rings (SSSR count). The first kappa shape index (κ1) is 19.6. The smallest absolute Gasteiger partial charge is 0.203 e. The number of benzene rings is 2. The van der Waals surface area contributed by atoms with E-state index in [0.29, 0.717) is 23.0 Å². The van der Waals surface area contributed by atoms with E-state index in [1.807, 2.05) is 54.6 Å². The summed E-state index contributed by atoms with van der Waals surface area (Å²) in [6.07, 6.45) is 5.45. The Kier molecular flexibility index (Phi) is 5.87. The van der Waals surface area contributed by atoms with Crippen molar-refractivity contribution in [1.82, 2.24) is 0 Å². The van der Waals surface area contributed by atoms with E-state index < -0.39 is 0 Å². The molecule has 0 spiro atoms. The van der Waals surface area contributed by atoms with E-state index in [0.717, 1.165) is 16.7 Å². The Hall–Kier alpha value is -4.16. The molecule has 0 aromatic heterocycles. The first-order valence-electron chi connectivity index (χ1n) is 8.66. The maximum atomic E-state index is 9.19. The van der Waals surface area contributed by atoms with Gasteiger partial charge in [-0.25, -0.2) is 0 Å². The van der Waals surface area contributed by atoms with Crippen molar-refractivity contribution in [2.24, 2.45) is 0 Å². The average Bonchev–Trinajstić information content (AvgIpc) is 2.77. The van der Waals surface area contributed by atoms with Crippen LogP contribution in [0.5, 0.6) is 23.0 Å². The third kappa shape index (κ3) is 3.92. The lowest BCUT2D eigenvalue weighted by Crippen LogP contribution is -2.04. The van der Waals surface area contributed by atoms with E-state index in [2.05, 4.69) is 0 Å². The molecule has 0 radical (unpaired) electrons. The Balaban J connectivity index is 2.08. The molecule has 1 aliphatic rings. The minimum absolute atomic E-state index is 0.0850. The molecule has 144 valence electrons. The lowest BCUT2D eigenvalue weighted by Gasteiger charge is -2.18. The summed E-state index contributed by atoms with van der Waals surface area (Å²) in [6, 6.07) is 14.8. The zero-order valence-corrected chi connectivity index (χ0v) is 16.2. The van der Waals surface area contributed by atoms with Crippen LogP contribution in [0.25, 0.3) is 11.6 Å². The maximum absolute atomic E-state index is 9.19. The minimum atomic E-state index is -0.0850. The molecule has 0 N–H and O–H groups in total.